The van der Waals surface area contributed by atoms with Gasteiger partial charge in [0.05, 0.1) is 10.6 Å². The van der Waals surface area contributed by atoms with Crippen molar-refractivity contribution in [3.63, 3.8) is 0 Å². The Balaban J connectivity index is 2.03. The number of carbonyl (C=O) groups excluding carboxylic acids is 1. The molecule has 2 heterocycles. The van der Waals surface area contributed by atoms with Crippen molar-refractivity contribution in [2.24, 2.45) is 5.92 Å². The van der Waals surface area contributed by atoms with E-state index in [2.05, 4.69) is 4.98 Å². The SMILES string of the molecule is CN(CC1CCOCC1)C(=O)c1cc(N)ncc1Cl. The van der Waals surface area contributed by atoms with Crippen LogP contribution in [0.4, 0.5) is 5.82 Å². The highest BCUT2D eigenvalue weighted by Crippen LogP contribution is 2.20. The van der Waals surface area contributed by atoms with Crippen LogP contribution in [0.5, 0.6) is 0 Å². The van der Waals surface area contributed by atoms with E-state index in [1.807, 2.05) is 0 Å². The molecule has 19 heavy (non-hydrogen) atoms. The Morgan fingerprint density at radius 1 is 1.58 bits per heavy atom. The van der Waals surface area contributed by atoms with Gasteiger partial charge < -0.3 is 15.4 Å². The van der Waals surface area contributed by atoms with E-state index < -0.39 is 0 Å². The van der Waals surface area contributed by atoms with Crippen molar-refractivity contribution in [2.75, 3.05) is 32.5 Å². The number of anilines is 1. The molecule has 0 unspecified atom stereocenters. The van der Waals surface area contributed by atoms with Gasteiger partial charge in [0.1, 0.15) is 5.82 Å². The van der Waals surface area contributed by atoms with E-state index in [9.17, 15) is 4.79 Å². The summed E-state index contributed by atoms with van der Waals surface area (Å²) in [6.07, 6.45) is 3.39. The lowest BCUT2D eigenvalue weighted by Crippen LogP contribution is -2.34. The molecule has 1 aliphatic rings. The highest BCUT2D eigenvalue weighted by molar-refractivity contribution is 6.33. The van der Waals surface area contributed by atoms with Crippen LogP contribution in [0.1, 0.15) is 23.2 Å². The zero-order valence-corrected chi connectivity index (χ0v) is 11.7. The molecule has 1 aromatic heterocycles. The fourth-order valence-electron chi connectivity index (χ4n) is 2.22. The Labute approximate surface area is 117 Å². The first-order valence-corrected chi connectivity index (χ1v) is 6.70. The van der Waals surface area contributed by atoms with Crippen molar-refractivity contribution in [2.45, 2.75) is 12.8 Å². The van der Waals surface area contributed by atoms with Crippen LogP contribution < -0.4 is 5.73 Å². The van der Waals surface area contributed by atoms with Crippen LogP contribution in [0.2, 0.25) is 5.02 Å². The third-order valence-corrected chi connectivity index (χ3v) is 3.63. The Hall–Kier alpha value is -1.33. The number of nitrogen functional groups attached to an aromatic ring is 1. The largest absolute Gasteiger partial charge is 0.384 e. The second kappa shape index (κ2) is 6.21. The van der Waals surface area contributed by atoms with Crippen LogP contribution in [-0.4, -0.2) is 42.6 Å². The molecule has 6 heteroatoms. The Kier molecular flexibility index (Phi) is 4.61. The maximum absolute atomic E-state index is 12.3. The molecule has 1 fully saturated rings. The van der Waals surface area contributed by atoms with E-state index in [0.717, 1.165) is 26.1 Å². The maximum atomic E-state index is 12.3. The van der Waals surface area contributed by atoms with Gasteiger partial charge in [-0.15, -0.1) is 0 Å². The molecule has 0 bridgehead atoms. The van der Waals surface area contributed by atoms with E-state index in [1.54, 1.807) is 11.9 Å². The summed E-state index contributed by atoms with van der Waals surface area (Å²) in [5.41, 5.74) is 6.00. The van der Waals surface area contributed by atoms with Gasteiger partial charge in [-0.25, -0.2) is 4.98 Å². The Morgan fingerprint density at radius 3 is 2.95 bits per heavy atom. The summed E-state index contributed by atoms with van der Waals surface area (Å²) >= 11 is 5.99. The van der Waals surface area contributed by atoms with Gasteiger partial charge in [0.2, 0.25) is 0 Å². The molecule has 0 radical (unpaired) electrons. The molecule has 1 aliphatic heterocycles. The van der Waals surface area contributed by atoms with Gasteiger partial charge in [0, 0.05) is 33.0 Å². The first-order chi connectivity index (χ1) is 9.08. The van der Waals surface area contributed by atoms with Crippen molar-refractivity contribution >= 4 is 23.3 Å². The van der Waals surface area contributed by atoms with Gasteiger partial charge in [-0.05, 0) is 24.8 Å². The summed E-state index contributed by atoms with van der Waals surface area (Å²) in [5, 5.41) is 0.332. The summed E-state index contributed by atoms with van der Waals surface area (Å²) in [6.45, 7) is 2.26. The smallest absolute Gasteiger partial charge is 0.255 e. The minimum absolute atomic E-state index is 0.120. The predicted octanol–water partition coefficient (Wildman–Crippen LogP) is 1.82. The lowest BCUT2D eigenvalue weighted by molar-refractivity contribution is 0.0497. The minimum Gasteiger partial charge on any atom is -0.384 e. The average molecular weight is 284 g/mol. The quantitative estimate of drug-likeness (QED) is 0.919. The maximum Gasteiger partial charge on any atom is 0.255 e. The number of amides is 1. The topological polar surface area (TPSA) is 68.5 Å². The van der Waals surface area contributed by atoms with Crippen LogP contribution >= 0.6 is 11.6 Å². The second-order valence-electron chi connectivity index (χ2n) is 4.83. The number of aromatic nitrogens is 1. The molecule has 0 aromatic carbocycles. The number of rotatable bonds is 3. The van der Waals surface area contributed by atoms with E-state index in [0.29, 0.717) is 28.9 Å². The average Bonchev–Trinajstić information content (AvgIpc) is 2.42. The highest BCUT2D eigenvalue weighted by Gasteiger charge is 2.21. The molecule has 2 N–H and O–H groups in total. The second-order valence-corrected chi connectivity index (χ2v) is 5.24. The molecule has 1 amide bonds. The molecule has 1 aromatic rings. The van der Waals surface area contributed by atoms with E-state index in [1.165, 1.54) is 12.3 Å². The third-order valence-electron chi connectivity index (χ3n) is 3.33. The summed E-state index contributed by atoms with van der Waals surface area (Å²) in [7, 11) is 1.78. The van der Waals surface area contributed by atoms with Crippen LogP contribution in [0.3, 0.4) is 0 Å². The number of nitrogens with two attached hydrogens (primary N) is 1. The van der Waals surface area contributed by atoms with Crippen LogP contribution in [0, 0.1) is 5.92 Å². The molecule has 104 valence electrons. The summed E-state index contributed by atoms with van der Waals surface area (Å²) in [6, 6.07) is 1.52. The fourth-order valence-corrected chi connectivity index (χ4v) is 2.41. The summed E-state index contributed by atoms with van der Waals surface area (Å²) in [5.74, 6) is 0.665. The number of ether oxygens (including phenoxy) is 1. The van der Waals surface area contributed by atoms with Gasteiger partial charge in [0.25, 0.3) is 5.91 Å². The Bertz CT molecular complexity index is 461. The van der Waals surface area contributed by atoms with Crippen molar-refractivity contribution in [1.29, 1.82) is 0 Å². The first-order valence-electron chi connectivity index (χ1n) is 6.32. The summed E-state index contributed by atoms with van der Waals surface area (Å²) < 4.78 is 5.31. The lowest BCUT2D eigenvalue weighted by Gasteiger charge is -2.27. The molecule has 2 rings (SSSR count). The number of nitrogens with zero attached hydrogens (tertiary/aromatic N) is 2. The standard InChI is InChI=1S/C13H18ClN3O2/c1-17(8-9-2-4-19-5-3-9)13(18)10-6-12(15)16-7-11(10)14/h6-7,9H,2-5,8H2,1H3,(H2,15,16). The molecule has 0 spiro atoms. The first kappa shape index (κ1) is 14.1. The number of carbonyl (C=O) groups is 1. The molecular formula is C13H18ClN3O2. The van der Waals surface area contributed by atoms with Crippen LogP contribution in [0.25, 0.3) is 0 Å². The van der Waals surface area contributed by atoms with Crippen molar-refractivity contribution in [1.82, 2.24) is 9.88 Å². The van der Waals surface area contributed by atoms with Crippen LogP contribution in [-0.2, 0) is 4.74 Å². The zero-order valence-electron chi connectivity index (χ0n) is 10.9. The van der Waals surface area contributed by atoms with Gasteiger partial charge in [-0.3, -0.25) is 4.79 Å². The van der Waals surface area contributed by atoms with E-state index in [4.69, 9.17) is 22.1 Å². The lowest BCUT2D eigenvalue weighted by atomic mass is 9.99. The van der Waals surface area contributed by atoms with Gasteiger partial charge in [-0.2, -0.15) is 0 Å². The monoisotopic (exact) mass is 283 g/mol. The normalized spacial score (nSPS) is 16.3. The predicted molar refractivity (Wildman–Crippen MR) is 74.2 cm³/mol. The molecule has 0 atom stereocenters. The van der Waals surface area contributed by atoms with Crippen molar-refractivity contribution in [3.8, 4) is 0 Å². The van der Waals surface area contributed by atoms with E-state index in [-0.39, 0.29) is 5.91 Å². The number of hydrogen-bond donors (Lipinski definition) is 1. The van der Waals surface area contributed by atoms with Crippen molar-refractivity contribution in [3.05, 3.63) is 22.8 Å². The number of halogens is 1. The van der Waals surface area contributed by atoms with Crippen LogP contribution in [0.15, 0.2) is 12.3 Å². The molecule has 5 nitrogen and oxygen atoms in total. The fraction of sp³-hybridized carbons (Fsp3) is 0.538. The van der Waals surface area contributed by atoms with Gasteiger partial charge in [0.15, 0.2) is 0 Å². The highest BCUT2D eigenvalue weighted by atomic mass is 35.5. The number of hydrogen-bond acceptors (Lipinski definition) is 4. The Morgan fingerprint density at radius 2 is 2.26 bits per heavy atom. The van der Waals surface area contributed by atoms with Gasteiger partial charge in [-0.1, -0.05) is 11.6 Å². The third kappa shape index (κ3) is 3.58. The zero-order chi connectivity index (χ0) is 13.8. The molecule has 0 saturated carbocycles. The summed E-state index contributed by atoms with van der Waals surface area (Å²) in [4.78, 5) is 17.9. The van der Waals surface area contributed by atoms with Crippen molar-refractivity contribution < 1.29 is 9.53 Å². The molecular weight excluding hydrogens is 266 g/mol. The van der Waals surface area contributed by atoms with E-state index >= 15 is 0 Å². The molecule has 0 aliphatic carbocycles. The number of pyridine rings is 1. The van der Waals surface area contributed by atoms with Gasteiger partial charge >= 0.3 is 0 Å². The molecule has 1 saturated heterocycles. The minimum atomic E-state index is -0.120.